The number of anilines is 1. The number of hydrogen-bond acceptors (Lipinski definition) is 4. The van der Waals surface area contributed by atoms with Crippen LogP contribution in [0.1, 0.15) is 19.3 Å². The molecular formula is C12H16BrFN2O2S2. The first-order valence-corrected chi connectivity index (χ1v) is 9.59. The van der Waals surface area contributed by atoms with Crippen molar-refractivity contribution in [3.05, 3.63) is 22.4 Å². The van der Waals surface area contributed by atoms with Crippen LogP contribution in [-0.2, 0) is 10.0 Å². The van der Waals surface area contributed by atoms with E-state index in [0.29, 0.717) is 6.54 Å². The molecule has 0 amide bonds. The van der Waals surface area contributed by atoms with E-state index in [9.17, 15) is 12.8 Å². The lowest BCUT2D eigenvalue weighted by molar-refractivity contribution is 0.361. The van der Waals surface area contributed by atoms with Crippen molar-refractivity contribution >= 4 is 43.4 Å². The molecule has 1 fully saturated rings. The Kier molecular flexibility index (Phi) is 4.68. The molecule has 0 atom stereocenters. The fourth-order valence-corrected chi connectivity index (χ4v) is 4.98. The molecule has 112 valence electrons. The minimum atomic E-state index is -3.90. The summed E-state index contributed by atoms with van der Waals surface area (Å²) in [6.45, 7) is 0.308. The number of thioether (sulfide) groups is 1. The van der Waals surface area contributed by atoms with Crippen LogP contribution in [0.5, 0.6) is 0 Å². The van der Waals surface area contributed by atoms with E-state index in [0.717, 1.165) is 25.3 Å². The van der Waals surface area contributed by atoms with Crippen molar-refractivity contribution < 1.29 is 12.8 Å². The number of halogens is 2. The minimum absolute atomic E-state index is 0.0427. The van der Waals surface area contributed by atoms with Gasteiger partial charge in [-0.1, -0.05) is 6.42 Å². The van der Waals surface area contributed by atoms with Crippen molar-refractivity contribution in [1.82, 2.24) is 4.72 Å². The third-order valence-corrected chi connectivity index (χ3v) is 6.98. The Hall–Kier alpha value is -0.310. The Bertz CT molecular complexity index is 613. The van der Waals surface area contributed by atoms with Gasteiger partial charge in [0.2, 0.25) is 10.0 Å². The second-order valence-corrected chi connectivity index (χ2v) is 8.74. The maximum atomic E-state index is 13.9. The van der Waals surface area contributed by atoms with Crippen molar-refractivity contribution in [1.29, 1.82) is 0 Å². The molecule has 3 N–H and O–H groups in total. The van der Waals surface area contributed by atoms with E-state index in [4.69, 9.17) is 5.73 Å². The Labute approximate surface area is 130 Å². The van der Waals surface area contributed by atoms with E-state index in [1.165, 1.54) is 6.07 Å². The molecule has 0 saturated heterocycles. The first kappa shape index (κ1) is 16.1. The van der Waals surface area contributed by atoms with Gasteiger partial charge in [-0.05, 0) is 47.2 Å². The van der Waals surface area contributed by atoms with Crippen LogP contribution in [0.3, 0.4) is 0 Å². The maximum absolute atomic E-state index is 13.9. The fourth-order valence-electron chi connectivity index (χ4n) is 2.11. The van der Waals surface area contributed by atoms with Crippen molar-refractivity contribution in [3.63, 3.8) is 0 Å². The van der Waals surface area contributed by atoms with Crippen molar-refractivity contribution in [2.24, 2.45) is 0 Å². The first-order chi connectivity index (χ1) is 9.30. The number of nitrogens with two attached hydrogens (primary N) is 1. The van der Waals surface area contributed by atoms with Gasteiger partial charge in [-0.3, -0.25) is 0 Å². The molecule has 1 saturated carbocycles. The molecule has 1 aliphatic rings. The molecule has 0 spiro atoms. The van der Waals surface area contributed by atoms with Gasteiger partial charge in [0.1, 0.15) is 4.90 Å². The van der Waals surface area contributed by atoms with Crippen LogP contribution in [0.2, 0.25) is 0 Å². The minimum Gasteiger partial charge on any atom is -0.399 e. The quantitative estimate of drug-likeness (QED) is 0.767. The standard InChI is InChI=1S/C12H16BrFN2O2S2/c1-19-12(3-2-4-12)7-16-20(17,18)10-6-8(15)5-9(13)11(10)14/h5-6,16H,2-4,7,15H2,1H3. The molecule has 0 aliphatic heterocycles. The highest BCUT2D eigenvalue weighted by Crippen LogP contribution is 2.42. The molecule has 20 heavy (non-hydrogen) atoms. The summed E-state index contributed by atoms with van der Waals surface area (Å²) in [6, 6.07) is 2.47. The van der Waals surface area contributed by atoms with Gasteiger partial charge in [-0.15, -0.1) is 0 Å². The highest BCUT2D eigenvalue weighted by atomic mass is 79.9. The SMILES string of the molecule is CSC1(CNS(=O)(=O)c2cc(N)cc(Br)c2F)CCC1. The van der Waals surface area contributed by atoms with E-state index in [1.807, 2.05) is 6.26 Å². The van der Waals surface area contributed by atoms with Gasteiger partial charge < -0.3 is 5.73 Å². The maximum Gasteiger partial charge on any atom is 0.243 e. The second-order valence-electron chi connectivity index (χ2n) is 4.88. The van der Waals surface area contributed by atoms with E-state index in [1.54, 1.807) is 11.8 Å². The number of rotatable bonds is 5. The zero-order chi connectivity index (χ0) is 15.0. The molecule has 1 aromatic rings. The number of sulfonamides is 1. The molecular weight excluding hydrogens is 367 g/mol. The lowest BCUT2D eigenvalue weighted by atomic mass is 9.84. The molecule has 0 radical (unpaired) electrons. The van der Waals surface area contributed by atoms with Gasteiger partial charge in [0.25, 0.3) is 0 Å². The van der Waals surface area contributed by atoms with Crippen LogP contribution in [0.4, 0.5) is 10.1 Å². The fraction of sp³-hybridized carbons (Fsp3) is 0.500. The largest absolute Gasteiger partial charge is 0.399 e. The predicted octanol–water partition coefficient (Wildman–Crippen LogP) is 2.73. The Morgan fingerprint density at radius 1 is 1.50 bits per heavy atom. The highest BCUT2D eigenvalue weighted by molar-refractivity contribution is 9.10. The summed E-state index contributed by atoms with van der Waals surface area (Å²) in [5.74, 6) is -0.821. The number of nitrogen functional groups attached to an aromatic ring is 1. The van der Waals surface area contributed by atoms with Gasteiger partial charge in [-0.2, -0.15) is 11.8 Å². The zero-order valence-electron chi connectivity index (χ0n) is 10.9. The lowest BCUT2D eigenvalue weighted by Gasteiger charge is -2.40. The monoisotopic (exact) mass is 382 g/mol. The third kappa shape index (κ3) is 3.13. The van der Waals surface area contributed by atoms with Gasteiger partial charge >= 0.3 is 0 Å². The zero-order valence-corrected chi connectivity index (χ0v) is 14.2. The van der Waals surface area contributed by atoms with Gasteiger partial charge in [0, 0.05) is 17.0 Å². The second kappa shape index (κ2) is 5.82. The lowest BCUT2D eigenvalue weighted by Crippen LogP contribution is -2.45. The van der Waals surface area contributed by atoms with Gasteiger partial charge in [0.05, 0.1) is 4.47 Å². The molecule has 8 heteroatoms. The van der Waals surface area contributed by atoms with Crippen molar-refractivity contribution in [2.45, 2.75) is 28.9 Å². The summed E-state index contributed by atoms with van der Waals surface area (Å²) < 4.78 is 40.9. The van der Waals surface area contributed by atoms with Crippen LogP contribution in [-0.4, -0.2) is 26.0 Å². The summed E-state index contributed by atoms with van der Waals surface area (Å²) in [5.41, 5.74) is 5.77. The Balaban J connectivity index is 2.23. The average molecular weight is 383 g/mol. The summed E-state index contributed by atoms with van der Waals surface area (Å²) in [6.07, 6.45) is 5.01. The number of nitrogens with one attached hydrogen (secondary N) is 1. The van der Waals surface area contributed by atoms with E-state index in [-0.39, 0.29) is 14.9 Å². The molecule has 0 unspecified atom stereocenters. The summed E-state index contributed by atoms with van der Waals surface area (Å²) in [4.78, 5) is -0.417. The molecule has 1 aliphatic carbocycles. The molecule has 0 aromatic heterocycles. The van der Waals surface area contributed by atoms with E-state index in [2.05, 4.69) is 20.7 Å². The average Bonchev–Trinajstić information content (AvgIpc) is 2.32. The van der Waals surface area contributed by atoms with Crippen molar-refractivity contribution in [2.75, 3.05) is 18.5 Å². The Morgan fingerprint density at radius 2 is 2.15 bits per heavy atom. The van der Waals surface area contributed by atoms with E-state index >= 15 is 0 Å². The number of benzene rings is 1. The van der Waals surface area contributed by atoms with Crippen LogP contribution >= 0.6 is 27.7 Å². The van der Waals surface area contributed by atoms with Gasteiger partial charge in [0.15, 0.2) is 5.82 Å². The van der Waals surface area contributed by atoms with Crippen LogP contribution < -0.4 is 10.5 Å². The predicted molar refractivity (Wildman–Crippen MR) is 83.8 cm³/mol. The van der Waals surface area contributed by atoms with Crippen LogP contribution in [0.25, 0.3) is 0 Å². The first-order valence-electron chi connectivity index (χ1n) is 6.09. The van der Waals surface area contributed by atoms with Gasteiger partial charge in [-0.25, -0.2) is 17.5 Å². The molecule has 0 heterocycles. The molecule has 0 bridgehead atoms. The highest BCUT2D eigenvalue weighted by Gasteiger charge is 2.37. The molecule has 1 aromatic carbocycles. The summed E-state index contributed by atoms with van der Waals surface area (Å²) in [5, 5.41) is 0. The third-order valence-electron chi connectivity index (χ3n) is 3.59. The normalized spacial score (nSPS) is 17.8. The van der Waals surface area contributed by atoms with Crippen LogP contribution in [0.15, 0.2) is 21.5 Å². The Morgan fingerprint density at radius 3 is 2.65 bits per heavy atom. The summed E-state index contributed by atoms with van der Waals surface area (Å²) >= 11 is 4.62. The smallest absolute Gasteiger partial charge is 0.243 e. The van der Waals surface area contributed by atoms with Crippen LogP contribution in [0, 0.1) is 5.82 Å². The van der Waals surface area contributed by atoms with Crippen molar-refractivity contribution in [3.8, 4) is 0 Å². The topological polar surface area (TPSA) is 72.2 Å². The summed E-state index contributed by atoms with van der Waals surface area (Å²) in [7, 11) is -3.90. The van der Waals surface area contributed by atoms with E-state index < -0.39 is 20.7 Å². The molecule has 4 nitrogen and oxygen atoms in total. The molecule has 2 rings (SSSR count). The number of hydrogen-bond donors (Lipinski definition) is 2.